The molecule has 0 aliphatic rings. The molecular weight excluding hydrogens is 340 g/mol. The van der Waals surface area contributed by atoms with Gasteiger partial charge in [0.15, 0.2) is 0 Å². The van der Waals surface area contributed by atoms with Gasteiger partial charge in [0, 0.05) is 13.1 Å². The minimum Gasteiger partial charge on any atom is -0.387 e. The van der Waals surface area contributed by atoms with E-state index in [9.17, 15) is 27.5 Å². The summed E-state index contributed by atoms with van der Waals surface area (Å²) in [4.78, 5) is 11.6. The Morgan fingerprint density at radius 2 is 1.60 bits per heavy atom. The van der Waals surface area contributed by atoms with Crippen molar-refractivity contribution in [3.8, 4) is 0 Å². The van der Waals surface area contributed by atoms with Crippen LogP contribution in [0.4, 0.5) is 22.4 Å². The maximum absolute atomic E-state index is 12.8. The standard InChI is InChI=1S/C17H16F4N2O2/c18-14-7-1-11(2-8-14)9-22-16(25)23-10-15(24)12-3-5-13(6-4-12)17(19,20)21/h1-8,15,24H,9-10H2,(H2,22,23,25). The first kappa shape index (κ1) is 18.7. The Morgan fingerprint density at radius 3 is 2.16 bits per heavy atom. The molecular formula is C17H16F4N2O2. The molecule has 0 spiro atoms. The summed E-state index contributed by atoms with van der Waals surface area (Å²) in [6, 6.07) is 9.07. The van der Waals surface area contributed by atoms with E-state index in [1.54, 1.807) is 0 Å². The van der Waals surface area contributed by atoms with Gasteiger partial charge in [0.1, 0.15) is 5.82 Å². The van der Waals surface area contributed by atoms with Gasteiger partial charge in [-0.3, -0.25) is 0 Å². The number of carbonyl (C=O) groups excluding carboxylic acids is 1. The lowest BCUT2D eigenvalue weighted by Crippen LogP contribution is -2.37. The summed E-state index contributed by atoms with van der Waals surface area (Å²) < 4.78 is 50.2. The Balaban J connectivity index is 1.79. The zero-order valence-electron chi connectivity index (χ0n) is 13.0. The summed E-state index contributed by atoms with van der Waals surface area (Å²) in [7, 11) is 0. The number of hydrogen-bond acceptors (Lipinski definition) is 2. The van der Waals surface area contributed by atoms with Gasteiger partial charge in [0.05, 0.1) is 11.7 Å². The van der Waals surface area contributed by atoms with Crippen LogP contribution in [0, 0.1) is 5.82 Å². The molecule has 0 aliphatic carbocycles. The van der Waals surface area contributed by atoms with Crippen LogP contribution in [-0.2, 0) is 12.7 Å². The first-order chi connectivity index (χ1) is 11.8. The molecule has 0 fully saturated rings. The van der Waals surface area contributed by atoms with E-state index in [0.29, 0.717) is 5.56 Å². The third-order valence-corrected chi connectivity index (χ3v) is 3.45. The molecule has 2 aromatic rings. The minimum absolute atomic E-state index is 0.166. The normalized spacial score (nSPS) is 12.5. The molecule has 0 radical (unpaired) electrons. The molecule has 0 bridgehead atoms. The number of aliphatic hydroxyl groups excluding tert-OH is 1. The molecule has 3 N–H and O–H groups in total. The maximum atomic E-state index is 12.8. The summed E-state index contributed by atoms with van der Waals surface area (Å²) in [6.45, 7) is 0.00308. The fraction of sp³-hybridized carbons (Fsp3) is 0.235. The molecule has 0 aliphatic heterocycles. The van der Waals surface area contributed by atoms with E-state index >= 15 is 0 Å². The van der Waals surface area contributed by atoms with Crippen LogP contribution in [0.2, 0.25) is 0 Å². The zero-order chi connectivity index (χ0) is 18.4. The summed E-state index contributed by atoms with van der Waals surface area (Å²) in [5, 5.41) is 14.8. The summed E-state index contributed by atoms with van der Waals surface area (Å²) in [5.74, 6) is -0.382. The first-order valence-electron chi connectivity index (χ1n) is 7.37. The monoisotopic (exact) mass is 356 g/mol. The smallest absolute Gasteiger partial charge is 0.387 e. The van der Waals surface area contributed by atoms with Gasteiger partial charge in [-0.1, -0.05) is 24.3 Å². The van der Waals surface area contributed by atoms with E-state index < -0.39 is 23.9 Å². The fourth-order valence-electron chi connectivity index (χ4n) is 2.05. The zero-order valence-corrected chi connectivity index (χ0v) is 13.0. The molecule has 4 nitrogen and oxygen atoms in total. The number of amides is 2. The number of alkyl halides is 3. The van der Waals surface area contributed by atoms with E-state index in [2.05, 4.69) is 10.6 Å². The van der Waals surface area contributed by atoms with Crippen LogP contribution in [0.1, 0.15) is 22.8 Å². The third kappa shape index (κ3) is 5.75. The van der Waals surface area contributed by atoms with Gasteiger partial charge in [0.2, 0.25) is 0 Å². The minimum atomic E-state index is -4.44. The van der Waals surface area contributed by atoms with Crippen molar-refractivity contribution in [2.75, 3.05) is 6.54 Å². The number of aliphatic hydroxyl groups is 1. The van der Waals surface area contributed by atoms with Crippen molar-refractivity contribution < 1.29 is 27.5 Å². The number of benzene rings is 2. The Kier molecular flexibility index (Phi) is 5.97. The summed E-state index contributed by atoms with van der Waals surface area (Å²) in [6.07, 6.45) is -5.58. The van der Waals surface area contributed by atoms with Gasteiger partial charge >= 0.3 is 12.2 Å². The molecule has 0 saturated heterocycles. The van der Waals surface area contributed by atoms with E-state index in [1.165, 1.54) is 24.3 Å². The molecule has 2 rings (SSSR count). The third-order valence-electron chi connectivity index (χ3n) is 3.45. The molecule has 25 heavy (non-hydrogen) atoms. The molecule has 8 heteroatoms. The number of nitrogens with one attached hydrogen (secondary N) is 2. The number of urea groups is 1. The Bertz CT molecular complexity index is 700. The van der Waals surface area contributed by atoms with Gasteiger partial charge in [-0.15, -0.1) is 0 Å². The highest BCUT2D eigenvalue weighted by atomic mass is 19.4. The van der Waals surface area contributed by atoms with Gasteiger partial charge < -0.3 is 15.7 Å². The Morgan fingerprint density at radius 1 is 1.00 bits per heavy atom. The predicted octanol–water partition coefficient (Wildman–Crippen LogP) is 3.38. The average Bonchev–Trinajstić information content (AvgIpc) is 2.58. The second-order valence-corrected chi connectivity index (χ2v) is 5.33. The highest BCUT2D eigenvalue weighted by Crippen LogP contribution is 2.29. The summed E-state index contributed by atoms with van der Waals surface area (Å²) in [5.41, 5.74) is 0.139. The second kappa shape index (κ2) is 7.98. The van der Waals surface area contributed by atoms with Crippen LogP contribution in [0.5, 0.6) is 0 Å². The highest BCUT2D eigenvalue weighted by Gasteiger charge is 2.30. The van der Waals surface area contributed by atoms with Crippen LogP contribution >= 0.6 is 0 Å². The van der Waals surface area contributed by atoms with Crippen molar-refractivity contribution >= 4 is 6.03 Å². The molecule has 0 saturated carbocycles. The molecule has 134 valence electrons. The molecule has 2 amide bonds. The van der Waals surface area contributed by atoms with Crippen LogP contribution in [0.25, 0.3) is 0 Å². The van der Waals surface area contributed by atoms with Crippen molar-refractivity contribution in [2.24, 2.45) is 0 Å². The maximum Gasteiger partial charge on any atom is 0.416 e. The van der Waals surface area contributed by atoms with Gasteiger partial charge in [-0.05, 0) is 35.4 Å². The Labute approximate surface area is 141 Å². The SMILES string of the molecule is O=C(NCc1ccc(F)cc1)NCC(O)c1ccc(C(F)(F)F)cc1. The lowest BCUT2D eigenvalue weighted by Gasteiger charge is -2.14. The van der Waals surface area contributed by atoms with Crippen molar-refractivity contribution in [1.29, 1.82) is 0 Å². The van der Waals surface area contributed by atoms with Gasteiger partial charge in [-0.25, -0.2) is 9.18 Å². The first-order valence-corrected chi connectivity index (χ1v) is 7.37. The molecule has 1 unspecified atom stereocenters. The van der Waals surface area contributed by atoms with Crippen LogP contribution in [0.3, 0.4) is 0 Å². The largest absolute Gasteiger partial charge is 0.416 e. The van der Waals surface area contributed by atoms with Crippen molar-refractivity contribution in [1.82, 2.24) is 10.6 Å². The lowest BCUT2D eigenvalue weighted by atomic mass is 10.1. The lowest BCUT2D eigenvalue weighted by molar-refractivity contribution is -0.137. The van der Waals surface area contributed by atoms with Gasteiger partial charge in [0.25, 0.3) is 0 Å². The van der Waals surface area contributed by atoms with E-state index in [-0.39, 0.29) is 24.5 Å². The number of rotatable bonds is 5. The fourth-order valence-corrected chi connectivity index (χ4v) is 2.05. The topological polar surface area (TPSA) is 61.4 Å². The number of halogens is 4. The molecule has 2 aromatic carbocycles. The predicted molar refractivity (Wildman–Crippen MR) is 83.0 cm³/mol. The number of carbonyl (C=O) groups is 1. The van der Waals surface area contributed by atoms with E-state index in [4.69, 9.17) is 0 Å². The van der Waals surface area contributed by atoms with E-state index in [0.717, 1.165) is 24.3 Å². The van der Waals surface area contributed by atoms with Gasteiger partial charge in [-0.2, -0.15) is 13.2 Å². The molecule has 1 atom stereocenters. The number of hydrogen-bond donors (Lipinski definition) is 3. The van der Waals surface area contributed by atoms with Crippen molar-refractivity contribution in [2.45, 2.75) is 18.8 Å². The van der Waals surface area contributed by atoms with Crippen LogP contribution < -0.4 is 10.6 Å². The average molecular weight is 356 g/mol. The van der Waals surface area contributed by atoms with Crippen molar-refractivity contribution in [3.05, 3.63) is 71.0 Å². The van der Waals surface area contributed by atoms with Crippen molar-refractivity contribution in [3.63, 3.8) is 0 Å². The van der Waals surface area contributed by atoms with Crippen LogP contribution in [0.15, 0.2) is 48.5 Å². The highest BCUT2D eigenvalue weighted by molar-refractivity contribution is 5.73. The van der Waals surface area contributed by atoms with Crippen LogP contribution in [-0.4, -0.2) is 17.7 Å². The summed E-state index contributed by atoms with van der Waals surface area (Å²) >= 11 is 0. The molecule has 0 heterocycles. The van der Waals surface area contributed by atoms with E-state index in [1.807, 2.05) is 0 Å². The second-order valence-electron chi connectivity index (χ2n) is 5.33. The Hall–Kier alpha value is -2.61. The quantitative estimate of drug-likeness (QED) is 0.720. The molecule has 0 aromatic heterocycles.